The second-order valence-electron chi connectivity index (χ2n) is 7.70. The minimum absolute atomic E-state index is 0.190. The molecule has 11 heteroatoms. The number of amides is 1. The van der Waals surface area contributed by atoms with Crippen molar-refractivity contribution in [1.82, 2.24) is 5.09 Å². The summed E-state index contributed by atoms with van der Waals surface area (Å²) in [6.07, 6.45) is -2.41. The van der Waals surface area contributed by atoms with Gasteiger partial charge in [-0.05, 0) is 68.3 Å². The van der Waals surface area contributed by atoms with E-state index in [1.165, 1.54) is 31.2 Å². The largest absolute Gasteiger partial charge is 0.481 e. The fraction of sp³-hybridized carbons (Fsp3) is 0.458. The zero-order valence-electron chi connectivity index (χ0n) is 20.0. The van der Waals surface area contributed by atoms with Crippen LogP contribution in [0, 0.1) is 0 Å². The molecule has 1 unspecified atom stereocenters. The molecule has 1 atom stereocenters. The van der Waals surface area contributed by atoms with Crippen molar-refractivity contribution in [2.45, 2.75) is 58.7 Å². The van der Waals surface area contributed by atoms with E-state index in [1.54, 1.807) is 12.1 Å². The molecular weight excluding hydrogens is 486 g/mol. The number of nitrogens with one attached hydrogen (secondary N) is 1. The Balaban J connectivity index is 1.94. The Labute approximate surface area is 203 Å². The number of ether oxygens (including phenoxy) is 2. The van der Waals surface area contributed by atoms with Gasteiger partial charge in [0.1, 0.15) is 17.2 Å². The van der Waals surface area contributed by atoms with Gasteiger partial charge < -0.3 is 9.47 Å². The van der Waals surface area contributed by atoms with Gasteiger partial charge in [0.2, 0.25) is 0 Å². The molecular formula is C24H31F3NO6P. The predicted octanol–water partition coefficient (Wildman–Crippen LogP) is 7.12. The lowest BCUT2D eigenvalue weighted by Crippen LogP contribution is -2.35. The highest BCUT2D eigenvalue weighted by Crippen LogP contribution is 2.44. The van der Waals surface area contributed by atoms with Gasteiger partial charge in [0.25, 0.3) is 5.91 Å². The van der Waals surface area contributed by atoms with Crippen LogP contribution in [0.1, 0.15) is 52.0 Å². The van der Waals surface area contributed by atoms with E-state index in [0.717, 1.165) is 25.0 Å². The number of carbonyl (C=O) groups excluding carboxylic acids is 1. The molecule has 0 saturated heterocycles. The lowest BCUT2D eigenvalue weighted by Gasteiger charge is -2.21. The normalized spacial score (nSPS) is 12.7. The fourth-order valence-corrected chi connectivity index (χ4v) is 4.07. The SMILES string of the molecule is CCCCOP(=O)(NC(=O)C(C)Oc1ccc(Oc2ccc(C(F)(F)F)cc2)cc1)OCCCC. The van der Waals surface area contributed by atoms with Crippen LogP contribution in [0.25, 0.3) is 0 Å². The molecule has 0 aliphatic rings. The standard InChI is InChI=1S/C24H31F3NO6P/c1-4-6-16-31-35(30,32-17-7-5-2)28-23(29)18(3)33-20-12-14-22(15-13-20)34-21-10-8-19(9-11-21)24(25,26)27/h8-15,18H,4-7,16-17H2,1-3H3,(H,28,29,30). The first-order valence-electron chi connectivity index (χ1n) is 11.4. The van der Waals surface area contributed by atoms with E-state index in [4.69, 9.17) is 18.5 Å². The van der Waals surface area contributed by atoms with Crippen molar-refractivity contribution < 1.29 is 41.1 Å². The number of carbonyl (C=O) groups is 1. The smallest absolute Gasteiger partial charge is 0.435 e. The maximum atomic E-state index is 12.9. The van der Waals surface area contributed by atoms with Crippen LogP contribution >= 0.6 is 7.75 Å². The Morgan fingerprint density at radius 2 is 1.34 bits per heavy atom. The van der Waals surface area contributed by atoms with Gasteiger partial charge >= 0.3 is 13.9 Å². The van der Waals surface area contributed by atoms with E-state index < -0.39 is 31.5 Å². The lowest BCUT2D eigenvalue weighted by molar-refractivity contribution is -0.137. The van der Waals surface area contributed by atoms with E-state index in [0.29, 0.717) is 24.3 Å². The lowest BCUT2D eigenvalue weighted by atomic mass is 10.2. The van der Waals surface area contributed by atoms with Crippen molar-refractivity contribution in [3.63, 3.8) is 0 Å². The van der Waals surface area contributed by atoms with Gasteiger partial charge in [-0.3, -0.25) is 18.9 Å². The Morgan fingerprint density at radius 1 is 0.886 bits per heavy atom. The number of rotatable bonds is 14. The Hall–Kier alpha value is -2.55. The van der Waals surface area contributed by atoms with Crippen LogP contribution in [0.2, 0.25) is 0 Å². The third-order valence-corrected chi connectivity index (χ3v) is 6.23. The third kappa shape index (κ3) is 9.92. The minimum Gasteiger partial charge on any atom is -0.481 e. The molecule has 7 nitrogen and oxygen atoms in total. The summed E-state index contributed by atoms with van der Waals surface area (Å²) < 4.78 is 72.8. The third-order valence-electron chi connectivity index (χ3n) is 4.69. The first-order chi connectivity index (χ1) is 16.6. The van der Waals surface area contributed by atoms with Gasteiger partial charge in [0, 0.05) is 0 Å². The zero-order chi connectivity index (χ0) is 25.9. The molecule has 0 aromatic heterocycles. The minimum atomic E-state index is -4.42. The first kappa shape index (κ1) is 28.7. The number of alkyl halides is 3. The van der Waals surface area contributed by atoms with E-state index >= 15 is 0 Å². The molecule has 35 heavy (non-hydrogen) atoms. The summed E-state index contributed by atoms with van der Waals surface area (Å²) >= 11 is 0. The van der Waals surface area contributed by atoms with E-state index in [1.807, 2.05) is 13.8 Å². The van der Waals surface area contributed by atoms with Gasteiger partial charge in [0.05, 0.1) is 18.8 Å². The highest BCUT2D eigenvalue weighted by Gasteiger charge is 2.31. The highest BCUT2D eigenvalue weighted by atomic mass is 31.2. The fourth-order valence-electron chi connectivity index (χ4n) is 2.68. The molecule has 0 aliphatic heterocycles. The van der Waals surface area contributed by atoms with Crippen LogP contribution < -0.4 is 14.6 Å². The van der Waals surface area contributed by atoms with Crippen molar-refractivity contribution in [1.29, 1.82) is 0 Å². The summed E-state index contributed by atoms with van der Waals surface area (Å²) in [4.78, 5) is 12.6. The number of hydrogen-bond acceptors (Lipinski definition) is 6. The van der Waals surface area contributed by atoms with Crippen molar-refractivity contribution in [2.75, 3.05) is 13.2 Å². The summed E-state index contributed by atoms with van der Waals surface area (Å²) in [7, 11) is -3.82. The summed E-state index contributed by atoms with van der Waals surface area (Å²) in [6.45, 7) is 5.79. The quantitative estimate of drug-likeness (QED) is 0.212. The Kier molecular flexibility index (Phi) is 11.1. The summed E-state index contributed by atoms with van der Waals surface area (Å²) in [5.74, 6) is 0.279. The van der Waals surface area contributed by atoms with Gasteiger partial charge in [-0.1, -0.05) is 26.7 Å². The van der Waals surface area contributed by atoms with Crippen LogP contribution in [-0.4, -0.2) is 25.2 Å². The van der Waals surface area contributed by atoms with Gasteiger partial charge in [-0.15, -0.1) is 0 Å². The summed E-state index contributed by atoms with van der Waals surface area (Å²) in [5.41, 5.74) is -0.767. The monoisotopic (exact) mass is 517 g/mol. The molecule has 2 rings (SSSR count). The molecule has 194 valence electrons. The van der Waals surface area contributed by atoms with E-state index in [-0.39, 0.29) is 19.0 Å². The molecule has 0 radical (unpaired) electrons. The summed E-state index contributed by atoms with van der Waals surface area (Å²) in [6, 6.07) is 10.5. The van der Waals surface area contributed by atoms with Gasteiger partial charge in [-0.25, -0.2) is 4.57 Å². The second-order valence-corrected chi connectivity index (χ2v) is 9.44. The number of benzene rings is 2. The highest BCUT2D eigenvalue weighted by molar-refractivity contribution is 7.52. The molecule has 2 aromatic carbocycles. The molecule has 0 fully saturated rings. The van der Waals surface area contributed by atoms with E-state index in [2.05, 4.69) is 5.09 Å². The molecule has 0 heterocycles. The average Bonchev–Trinajstić information content (AvgIpc) is 2.80. The maximum absolute atomic E-state index is 12.9. The van der Waals surface area contributed by atoms with E-state index in [9.17, 15) is 22.5 Å². The second kappa shape index (κ2) is 13.5. The van der Waals surface area contributed by atoms with Crippen LogP contribution in [-0.2, 0) is 24.6 Å². The molecule has 0 aliphatic carbocycles. The average molecular weight is 517 g/mol. The van der Waals surface area contributed by atoms with Crippen LogP contribution in [0.15, 0.2) is 48.5 Å². The summed E-state index contributed by atoms with van der Waals surface area (Å²) in [5, 5.41) is 2.33. The van der Waals surface area contributed by atoms with Crippen molar-refractivity contribution in [2.24, 2.45) is 0 Å². The molecule has 0 spiro atoms. The molecule has 0 bridgehead atoms. The number of hydrogen-bond donors (Lipinski definition) is 1. The topological polar surface area (TPSA) is 83.1 Å². The number of unbranched alkanes of at least 4 members (excludes halogenated alkanes) is 2. The number of halogens is 3. The molecule has 1 N–H and O–H groups in total. The molecule has 1 amide bonds. The van der Waals surface area contributed by atoms with Crippen LogP contribution in [0.5, 0.6) is 17.2 Å². The van der Waals surface area contributed by atoms with Crippen molar-refractivity contribution in [3.8, 4) is 17.2 Å². The van der Waals surface area contributed by atoms with Gasteiger partial charge in [-0.2, -0.15) is 13.2 Å². The predicted molar refractivity (Wildman–Crippen MR) is 126 cm³/mol. The van der Waals surface area contributed by atoms with Gasteiger partial charge in [0.15, 0.2) is 6.10 Å². The molecule has 2 aromatic rings. The first-order valence-corrected chi connectivity index (χ1v) is 12.9. The molecule has 0 saturated carbocycles. The van der Waals surface area contributed by atoms with Crippen molar-refractivity contribution >= 4 is 13.7 Å². The Morgan fingerprint density at radius 3 is 1.80 bits per heavy atom. The van der Waals surface area contributed by atoms with Crippen molar-refractivity contribution in [3.05, 3.63) is 54.1 Å². The van der Waals surface area contributed by atoms with Crippen LogP contribution in [0.4, 0.5) is 13.2 Å². The maximum Gasteiger partial charge on any atom is 0.435 e. The Bertz CT molecular complexity index is 953. The van der Waals surface area contributed by atoms with Crippen LogP contribution in [0.3, 0.4) is 0 Å². The zero-order valence-corrected chi connectivity index (χ0v) is 20.9.